The van der Waals surface area contributed by atoms with Gasteiger partial charge in [-0.05, 0) is 30.5 Å². The molecule has 2 rings (SSSR count). The zero-order valence-electron chi connectivity index (χ0n) is 12.3. The van der Waals surface area contributed by atoms with E-state index in [0.29, 0.717) is 31.8 Å². The van der Waals surface area contributed by atoms with E-state index in [1.807, 2.05) is 6.07 Å². The molecule has 1 saturated heterocycles. The summed E-state index contributed by atoms with van der Waals surface area (Å²) in [5, 5.41) is 3.17. The van der Waals surface area contributed by atoms with Crippen molar-refractivity contribution in [2.75, 3.05) is 31.7 Å². The molecule has 0 bridgehead atoms. The first kappa shape index (κ1) is 15.7. The smallest absolute Gasteiger partial charge is 0.240 e. The van der Waals surface area contributed by atoms with E-state index in [-0.39, 0.29) is 5.82 Å². The van der Waals surface area contributed by atoms with Crippen molar-refractivity contribution in [2.24, 2.45) is 5.73 Å². The molecule has 116 valence electrons. The molecule has 1 fully saturated rings. The molecule has 0 spiro atoms. The fourth-order valence-corrected chi connectivity index (χ4v) is 2.65. The Kier molecular flexibility index (Phi) is 5.52. The lowest BCUT2D eigenvalue weighted by Gasteiger charge is -2.25. The van der Waals surface area contributed by atoms with Crippen molar-refractivity contribution >= 4 is 11.6 Å². The van der Waals surface area contributed by atoms with Gasteiger partial charge in [0.25, 0.3) is 0 Å². The normalized spacial score (nSPS) is 18.2. The van der Waals surface area contributed by atoms with Crippen LogP contribution in [-0.2, 0) is 16.1 Å². The fraction of sp³-hybridized carbons (Fsp3) is 0.533. The van der Waals surface area contributed by atoms with Crippen molar-refractivity contribution in [1.82, 2.24) is 5.32 Å². The first-order chi connectivity index (χ1) is 10.1. The van der Waals surface area contributed by atoms with Gasteiger partial charge >= 0.3 is 0 Å². The van der Waals surface area contributed by atoms with E-state index >= 15 is 0 Å². The van der Waals surface area contributed by atoms with E-state index in [4.69, 9.17) is 10.5 Å². The van der Waals surface area contributed by atoms with Crippen LogP contribution in [0.15, 0.2) is 18.2 Å². The minimum Gasteiger partial charge on any atom is -0.383 e. The molecule has 6 heteroatoms. The van der Waals surface area contributed by atoms with Gasteiger partial charge in [0.1, 0.15) is 11.9 Å². The van der Waals surface area contributed by atoms with Gasteiger partial charge in [-0.1, -0.05) is 6.07 Å². The van der Waals surface area contributed by atoms with Crippen molar-refractivity contribution < 1.29 is 13.9 Å². The molecule has 1 heterocycles. The highest BCUT2D eigenvalue weighted by atomic mass is 19.1. The monoisotopic (exact) mass is 295 g/mol. The van der Waals surface area contributed by atoms with Crippen molar-refractivity contribution in [3.05, 3.63) is 29.6 Å². The van der Waals surface area contributed by atoms with Gasteiger partial charge in [-0.25, -0.2) is 4.39 Å². The number of halogens is 1. The maximum Gasteiger partial charge on any atom is 0.240 e. The Bertz CT molecular complexity index is 496. The van der Waals surface area contributed by atoms with Crippen LogP contribution in [0.5, 0.6) is 0 Å². The summed E-state index contributed by atoms with van der Waals surface area (Å²) in [7, 11) is 1.64. The summed E-state index contributed by atoms with van der Waals surface area (Å²) in [6, 6.07) is 4.70. The standard InChI is InChI=1S/C15H22FN3O2/c1-21-8-6-18-10-11-4-5-13(12(16)9-11)19-7-2-3-14(19)15(17)20/h4-5,9,14,18H,2-3,6-8,10H2,1H3,(H2,17,20). The van der Waals surface area contributed by atoms with Crippen LogP contribution in [0.4, 0.5) is 10.1 Å². The topological polar surface area (TPSA) is 67.6 Å². The number of amides is 1. The lowest BCUT2D eigenvalue weighted by molar-refractivity contribution is -0.119. The van der Waals surface area contributed by atoms with Crippen LogP contribution < -0.4 is 16.0 Å². The lowest BCUT2D eigenvalue weighted by Crippen LogP contribution is -2.40. The number of primary amides is 1. The number of hydrogen-bond donors (Lipinski definition) is 2. The van der Waals surface area contributed by atoms with Gasteiger partial charge < -0.3 is 20.7 Å². The van der Waals surface area contributed by atoms with E-state index in [2.05, 4.69) is 5.32 Å². The molecule has 1 aliphatic rings. The van der Waals surface area contributed by atoms with E-state index in [9.17, 15) is 9.18 Å². The molecule has 1 unspecified atom stereocenters. The van der Waals surface area contributed by atoms with Gasteiger partial charge in [-0.3, -0.25) is 4.79 Å². The number of hydrogen-bond acceptors (Lipinski definition) is 4. The quantitative estimate of drug-likeness (QED) is 0.737. The second-order valence-electron chi connectivity index (χ2n) is 5.21. The summed E-state index contributed by atoms with van der Waals surface area (Å²) in [6.45, 7) is 2.58. The molecule has 1 atom stereocenters. The Hall–Kier alpha value is -1.66. The molecule has 1 amide bonds. The largest absolute Gasteiger partial charge is 0.383 e. The van der Waals surface area contributed by atoms with Crippen molar-refractivity contribution in [3.63, 3.8) is 0 Å². The molecule has 0 aromatic heterocycles. The third-order valence-electron chi connectivity index (χ3n) is 3.71. The SMILES string of the molecule is COCCNCc1ccc(N2CCCC2C(N)=O)c(F)c1. The molecule has 1 aromatic carbocycles. The first-order valence-corrected chi connectivity index (χ1v) is 7.17. The van der Waals surface area contributed by atoms with Gasteiger partial charge in [-0.15, -0.1) is 0 Å². The third-order valence-corrected chi connectivity index (χ3v) is 3.71. The summed E-state index contributed by atoms with van der Waals surface area (Å²) in [5.41, 5.74) is 6.69. The molecule has 1 aliphatic heterocycles. The summed E-state index contributed by atoms with van der Waals surface area (Å²) < 4.78 is 19.2. The number of anilines is 1. The van der Waals surface area contributed by atoms with Gasteiger partial charge in [0, 0.05) is 26.7 Å². The number of methoxy groups -OCH3 is 1. The molecule has 5 nitrogen and oxygen atoms in total. The van der Waals surface area contributed by atoms with Gasteiger partial charge in [0.2, 0.25) is 5.91 Å². The van der Waals surface area contributed by atoms with Crippen LogP contribution in [0.25, 0.3) is 0 Å². The maximum atomic E-state index is 14.3. The maximum absolute atomic E-state index is 14.3. The van der Waals surface area contributed by atoms with Crippen molar-refractivity contribution in [3.8, 4) is 0 Å². The van der Waals surface area contributed by atoms with E-state index in [1.165, 1.54) is 6.07 Å². The Morgan fingerprint density at radius 2 is 2.38 bits per heavy atom. The predicted octanol–water partition coefficient (Wildman–Crippen LogP) is 1.02. The number of nitrogens with zero attached hydrogens (tertiary/aromatic N) is 1. The second-order valence-corrected chi connectivity index (χ2v) is 5.21. The Balaban J connectivity index is 2.03. The summed E-state index contributed by atoms with van der Waals surface area (Å²) in [4.78, 5) is 13.2. The number of carbonyl (C=O) groups excluding carboxylic acids is 1. The minimum absolute atomic E-state index is 0.311. The zero-order chi connectivity index (χ0) is 15.2. The Morgan fingerprint density at radius 3 is 3.05 bits per heavy atom. The van der Waals surface area contributed by atoms with E-state index in [1.54, 1.807) is 18.1 Å². The van der Waals surface area contributed by atoms with Crippen LogP contribution in [0.2, 0.25) is 0 Å². The lowest BCUT2D eigenvalue weighted by atomic mass is 10.1. The number of nitrogens with one attached hydrogen (secondary N) is 1. The molecule has 21 heavy (non-hydrogen) atoms. The van der Waals surface area contributed by atoms with Crippen molar-refractivity contribution in [2.45, 2.75) is 25.4 Å². The van der Waals surface area contributed by atoms with E-state index < -0.39 is 11.9 Å². The fourth-order valence-electron chi connectivity index (χ4n) is 2.65. The van der Waals surface area contributed by atoms with Gasteiger partial charge in [-0.2, -0.15) is 0 Å². The zero-order valence-corrected chi connectivity index (χ0v) is 12.3. The van der Waals surface area contributed by atoms with Crippen molar-refractivity contribution in [1.29, 1.82) is 0 Å². The van der Waals surface area contributed by atoms with E-state index in [0.717, 1.165) is 18.5 Å². The average Bonchev–Trinajstić information content (AvgIpc) is 2.93. The van der Waals surface area contributed by atoms with Crippen LogP contribution in [0, 0.1) is 5.82 Å². The molecule has 0 saturated carbocycles. The molecular formula is C15H22FN3O2. The second kappa shape index (κ2) is 7.38. The molecular weight excluding hydrogens is 273 g/mol. The molecule has 0 radical (unpaired) electrons. The highest BCUT2D eigenvalue weighted by molar-refractivity contribution is 5.84. The number of carbonyl (C=O) groups is 1. The third kappa shape index (κ3) is 3.92. The van der Waals surface area contributed by atoms with Crippen LogP contribution in [0.3, 0.4) is 0 Å². The average molecular weight is 295 g/mol. The van der Waals surface area contributed by atoms with Crippen LogP contribution in [-0.4, -0.2) is 38.8 Å². The van der Waals surface area contributed by atoms with Gasteiger partial charge in [0.15, 0.2) is 0 Å². The van der Waals surface area contributed by atoms with Crippen LogP contribution in [0.1, 0.15) is 18.4 Å². The highest BCUT2D eigenvalue weighted by Crippen LogP contribution is 2.28. The summed E-state index contributed by atoms with van der Waals surface area (Å²) in [6.07, 6.45) is 1.54. The highest BCUT2D eigenvalue weighted by Gasteiger charge is 2.30. The van der Waals surface area contributed by atoms with Crippen LogP contribution >= 0.6 is 0 Å². The first-order valence-electron chi connectivity index (χ1n) is 7.17. The number of nitrogens with two attached hydrogens (primary N) is 1. The van der Waals surface area contributed by atoms with Gasteiger partial charge in [0.05, 0.1) is 12.3 Å². The molecule has 0 aliphatic carbocycles. The summed E-state index contributed by atoms with van der Waals surface area (Å²) >= 11 is 0. The minimum atomic E-state index is -0.398. The molecule has 1 aromatic rings. The Labute approximate surface area is 124 Å². The predicted molar refractivity (Wildman–Crippen MR) is 79.5 cm³/mol. The summed E-state index contributed by atoms with van der Waals surface area (Å²) in [5.74, 6) is -0.702. The number of ether oxygens (including phenoxy) is 1. The molecule has 3 N–H and O–H groups in total. The number of rotatable bonds is 7. The number of benzene rings is 1. The Morgan fingerprint density at radius 1 is 1.57 bits per heavy atom.